The first-order chi connectivity index (χ1) is 10.5. The van der Waals surface area contributed by atoms with Gasteiger partial charge in [-0.25, -0.2) is 0 Å². The molecule has 0 fully saturated rings. The standard InChI is InChI=1S/2C6H12O2.C5H8O2/c1-4(5(2)7)6(3)8;1-3-6(8)4-5(2)7;1-5(7)3-2-4-6/h4-5,7H,1-3H3;5,7H,3-4H2,1-2H3;4H,2-3H2,1H3. The minimum atomic E-state index is -0.507. The van der Waals surface area contributed by atoms with Crippen LogP contribution in [0.5, 0.6) is 0 Å². The smallest absolute Gasteiger partial charge is 0.135 e. The minimum absolute atomic E-state index is 0.0417. The fraction of sp³-hybridized carbons (Fsp3) is 0.765. The van der Waals surface area contributed by atoms with E-state index in [1.54, 1.807) is 27.7 Å². The molecular weight excluding hydrogens is 300 g/mol. The molecule has 3 unspecified atom stereocenters. The Morgan fingerprint density at radius 3 is 1.61 bits per heavy atom. The van der Waals surface area contributed by atoms with Crippen molar-refractivity contribution in [1.29, 1.82) is 0 Å². The van der Waals surface area contributed by atoms with Crippen LogP contribution in [-0.2, 0) is 19.2 Å². The number of hydrogen-bond donors (Lipinski definition) is 2. The van der Waals surface area contributed by atoms with Gasteiger partial charge >= 0.3 is 0 Å². The normalized spacial score (nSPS) is 13.2. The van der Waals surface area contributed by atoms with Crippen LogP contribution in [0.25, 0.3) is 0 Å². The van der Waals surface area contributed by atoms with E-state index in [2.05, 4.69) is 0 Å². The molecule has 23 heavy (non-hydrogen) atoms. The predicted octanol–water partition coefficient (Wildman–Crippen LogP) is 1.88. The van der Waals surface area contributed by atoms with Crippen LogP contribution in [0.15, 0.2) is 0 Å². The lowest BCUT2D eigenvalue weighted by Crippen LogP contribution is -2.19. The molecule has 0 aliphatic carbocycles. The summed E-state index contributed by atoms with van der Waals surface area (Å²) in [5.74, 6) is 0.0297. The Morgan fingerprint density at radius 2 is 1.52 bits per heavy atom. The van der Waals surface area contributed by atoms with Crippen LogP contribution in [0.4, 0.5) is 0 Å². The van der Waals surface area contributed by atoms with Crippen LogP contribution >= 0.6 is 0 Å². The fourth-order valence-electron chi connectivity index (χ4n) is 1.08. The summed E-state index contributed by atoms with van der Waals surface area (Å²) in [7, 11) is 0. The number of aldehydes is 1. The van der Waals surface area contributed by atoms with Gasteiger partial charge in [0.2, 0.25) is 0 Å². The summed E-state index contributed by atoms with van der Waals surface area (Å²) < 4.78 is 0. The number of hydrogen-bond acceptors (Lipinski definition) is 6. The number of carbonyl (C=O) groups is 4. The number of aliphatic hydroxyl groups excluding tert-OH is 2. The minimum Gasteiger partial charge on any atom is -0.393 e. The van der Waals surface area contributed by atoms with Crippen molar-refractivity contribution < 1.29 is 29.4 Å². The molecule has 0 rings (SSSR count). The zero-order chi connectivity index (χ0) is 19.0. The average Bonchev–Trinajstić information content (AvgIpc) is 2.44. The summed E-state index contributed by atoms with van der Waals surface area (Å²) in [4.78, 5) is 40.5. The van der Waals surface area contributed by atoms with Crippen molar-refractivity contribution >= 4 is 23.6 Å². The highest BCUT2D eigenvalue weighted by Crippen LogP contribution is 2.01. The second-order valence-corrected chi connectivity index (χ2v) is 5.49. The molecule has 0 saturated heterocycles. The van der Waals surface area contributed by atoms with Gasteiger partial charge in [-0.05, 0) is 27.7 Å². The lowest BCUT2D eigenvalue weighted by molar-refractivity contribution is -0.123. The van der Waals surface area contributed by atoms with Crippen molar-refractivity contribution in [3.05, 3.63) is 0 Å². The molecule has 6 nitrogen and oxygen atoms in total. The van der Waals surface area contributed by atoms with Gasteiger partial charge in [0.05, 0.1) is 12.2 Å². The van der Waals surface area contributed by atoms with Gasteiger partial charge in [0, 0.05) is 31.6 Å². The largest absolute Gasteiger partial charge is 0.393 e. The Bertz CT molecular complexity index is 345. The molecule has 2 N–H and O–H groups in total. The highest BCUT2D eigenvalue weighted by molar-refractivity contribution is 5.78. The maximum absolute atomic E-state index is 10.5. The lowest BCUT2D eigenvalue weighted by atomic mass is 10.0. The van der Waals surface area contributed by atoms with Crippen molar-refractivity contribution in [1.82, 2.24) is 0 Å². The summed E-state index contributed by atoms with van der Waals surface area (Å²) in [6.07, 6.45) is 1.37. The van der Waals surface area contributed by atoms with Gasteiger partial charge in [-0.1, -0.05) is 13.8 Å². The van der Waals surface area contributed by atoms with Gasteiger partial charge in [0.1, 0.15) is 23.6 Å². The average molecular weight is 332 g/mol. The summed E-state index contributed by atoms with van der Waals surface area (Å²) >= 11 is 0. The Morgan fingerprint density at radius 1 is 1.04 bits per heavy atom. The third-order valence-corrected chi connectivity index (χ3v) is 2.90. The summed E-state index contributed by atoms with van der Waals surface area (Å²) in [6.45, 7) is 9.71. The van der Waals surface area contributed by atoms with Crippen LogP contribution < -0.4 is 0 Å². The summed E-state index contributed by atoms with van der Waals surface area (Å²) in [5.41, 5.74) is 0. The van der Waals surface area contributed by atoms with Crippen LogP contribution in [0, 0.1) is 5.92 Å². The maximum Gasteiger partial charge on any atom is 0.135 e. The van der Waals surface area contributed by atoms with Crippen molar-refractivity contribution in [2.75, 3.05) is 0 Å². The van der Waals surface area contributed by atoms with Crippen LogP contribution in [0.1, 0.15) is 67.2 Å². The van der Waals surface area contributed by atoms with Crippen molar-refractivity contribution in [3.8, 4) is 0 Å². The van der Waals surface area contributed by atoms with E-state index in [4.69, 9.17) is 10.2 Å². The second-order valence-electron chi connectivity index (χ2n) is 5.49. The predicted molar refractivity (Wildman–Crippen MR) is 89.1 cm³/mol. The molecular formula is C17H32O6. The number of aliphatic hydroxyl groups is 2. The van der Waals surface area contributed by atoms with E-state index >= 15 is 0 Å². The van der Waals surface area contributed by atoms with Gasteiger partial charge in [-0.2, -0.15) is 0 Å². The number of ketones is 3. The molecule has 0 aromatic heterocycles. The van der Waals surface area contributed by atoms with E-state index < -0.39 is 12.2 Å². The van der Waals surface area contributed by atoms with Gasteiger partial charge in [0.25, 0.3) is 0 Å². The fourth-order valence-corrected chi connectivity index (χ4v) is 1.08. The molecule has 136 valence electrons. The highest BCUT2D eigenvalue weighted by atomic mass is 16.3. The quantitative estimate of drug-likeness (QED) is 0.657. The SMILES string of the molecule is CC(=O)C(C)C(C)O.CC(=O)CCC=O.CCC(=O)CC(C)O. The zero-order valence-corrected chi connectivity index (χ0v) is 15.2. The molecule has 0 radical (unpaired) electrons. The number of rotatable bonds is 8. The monoisotopic (exact) mass is 332 g/mol. The molecule has 0 amide bonds. The van der Waals surface area contributed by atoms with Crippen LogP contribution in [-0.4, -0.2) is 46.1 Å². The molecule has 0 spiro atoms. The number of Topliss-reactive ketones (excluding diaryl/α,β-unsaturated/α-hetero) is 3. The van der Waals surface area contributed by atoms with E-state index in [0.717, 1.165) is 6.29 Å². The van der Waals surface area contributed by atoms with Crippen molar-refractivity contribution in [3.63, 3.8) is 0 Å². The third-order valence-electron chi connectivity index (χ3n) is 2.90. The molecule has 6 heteroatoms. The van der Waals surface area contributed by atoms with E-state index in [0.29, 0.717) is 25.7 Å². The van der Waals surface area contributed by atoms with Gasteiger partial charge in [-0.15, -0.1) is 0 Å². The molecule has 0 heterocycles. The zero-order valence-electron chi connectivity index (χ0n) is 15.2. The summed E-state index contributed by atoms with van der Waals surface area (Å²) in [5, 5.41) is 17.4. The molecule has 0 aliphatic rings. The Hall–Kier alpha value is -1.40. The number of carbonyl (C=O) groups excluding carboxylic acids is 4. The van der Waals surface area contributed by atoms with Crippen LogP contribution in [0.2, 0.25) is 0 Å². The van der Waals surface area contributed by atoms with Crippen LogP contribution in [0.3, 0.4) is 0 Å². The Balaban J connectivity index is -0.000000262. The first-order valence-electron chi connectivity index (χ1n) is 7.80. The molecule has 0 aromatic rings. The topological polar surface area (TPSA) is 109 Å². The van der Waals surface area contributed by atoms with E-state index in [9.17, 15) is 19.2 Å². The first kappa shape index (κ1) is 26.5. The highest BCUT2D eigenvalue weighted by Gasteiger charge is 2.12. The molecule has 0 bridgehead atoms. The van der Waals surface area contributed by atoms with E-state index in [1.165, 1.54) is 13.8 Å². The third kappa shape index (κ3) is 25.9. The van der Waals surface area contributed by atoms with Gasteiger partial charge < -0.3 is 19.8 Å². The maximum atomic E-state index is 10.5. The molecule has 0 aliphatic heterocycles. The molecule has 0 aromatic carbocycles. The van der Waals surface area contributed by atoms with Gasteiger partial charge in [0.15, 0.2) is 0 Å². The van der Waals surface area contributed by atoms with Gasteiger partial charge in [-0.3, -0.25) is 9.59 Å². The van der Waals surface area contributed by atoms with E-state index in [-0.39, 0.29) is 23.3 Å². The Labute approximate surface area is 139 Å². The molecule has 3 atom stereocenters. The first-order valence-corrected chi connectivity index (χ1v) is 7.80. The second kappa shape index (κ2) is 17.0. The Kier molecular flexibility index (Phi) is 19.5. The van der Waals surface area contributed by atoms with Crippen molar-refractivity contribution in [2.45, 2.75) is 79.4 Å². The lowest BCUT2D eigenvalue weighted by Gasteiger charge is -2.08. The summed E-state index contributed by atoms with van der Waals surface area (Å²) in [6, 6.07) is 0. The molecule has 0 saturated carbocycles. The van der Waals surface area contributed by atoms with Crippen molar-refractivity contribution in [2.24, 2.45) is 5.92 Å². The van der Waals surface area contributed by atoms with E-state index in [1.807, 2.05) is 0 Å².